The average molecular weight is 471 g/mol. The van der Waals surface area contributed by atoms with Gasteiger partial charge in [0.15, 0.2) is 0 Å². The summed E-state index contributed by atoms with van der Waals surface area (Å²) in [5, 5.41) is 12.6. The van der Waals surface area contributed by atoms with Crippen molar-refractivity contribution in [2.24, 2.45) is 5.92 Å². The van der Waals surface area contributed by atoms with Gasteiger partial charge in [-0.15, -0.1) is 0 Å². The molecule has 2 aromatic rings. The molecule has 2 fully saturated rings. The maximum atomic E-state index is 12.9. The number of carbonyl (C=O) groups is 2. The van der Waals surface area contributed by atoms with E-state index in [4.69, 9.17) is 11.6 Å². The summed E-state index contributed by atoms with van der Waals surface area (Å²) in [6.07, 6.45) is 1.73. The van der Waals surface area contributed by atoms with Crippen molar-refractivity contribution >= 4 is 34.8 Å². The molecule has 0 unspecified atom stereocenters. The number of nitrogens with zero attached hydrogens (tertiary/aromatic N) is 3. The number of aromatic hydroxyl groups is 1. The fraction of sp³-hybridized carbons (Fsp3) is 0.440. The van der Waals surface area contributed by atoms with Crippen LogP contribution in [0.4, 0.5) is 11.4 Å². The Balaban J connectivity index is 1.23. The van der Waals surface area contributed by atoms with Crippen LogP contribution in [-0.2, 0) is 16.0 Å². The number of halogens is 1. The fourth-order valence-electron chi connectivity index (χ4n) is 4.50. The quantitative estimate of drug-likeness (QED) is 0.634. The van der Waals surface area contributed by atoms with Crippen LogP contribution < -0.4 is 10.2 Å². The number of hydrogen-bond donors (Lipinski definition) is 2. The molecule has 176 valence electrons. The number of benzene rings is 2. The van der Waals surface area contributed by atoms with Crippen molar-refractivity contribution in [3.8, 4) is 5.75 Å². The SMILES string of the molecule is CCc1cccc(N2CCN(C(=O)CN3CC[C@@H](C(=O)Nc4ccc(O)c(Cl)c4)C3)CC2)c1. The standard InChI is InChI=1S/C25H31ClN4O3/c1-2-18-4-3-5-21(14-18)29-10-12-30(13-11-29)24(32)17-28-9-8-19(16-28)25(33)27-20-6-7-23(31)22(26)15-20/h3-7,14-15,19,31H,2,8-13,16-17H2,1H3,(H,27,33)/t19-/m1/s1. The summed E-state index contributed by atoms with van der Waals surface area (Å²) in [5.74, 6) is -0.151. The molecule has 1 atom stereocenters. The first-order chi connectivity index (χ1) is 15.9. The molecule has 0 bridgehead atoms. The molecule has 2 N–H and O–H groups in total. The van der Waals surface area contributed by atoms with E-state index < -0.39 is 0 Å². The Bertz CT molecular complexity index is 1010. The van der Waals surface area contributed by atoms with Gasteiger partial charge in [-0.25, -0.2) is 0 Å². The lowest BCUT2D eigenvalue weighted by Gasteiger charge is -2.37. The van der Waals surface area contributed by atoms with Gasteiger partial charge in [0.25, 0.3) is 0 Å². The lowest BCUT2D eigenvalue weighted by atomic mass is 10.1. The van der Waals surface area contributed by atoms with Crippen LogP contribution in [0.3, 0.4) is 0 Å². The van der Waals surface area contributed by atoms with Gasteiger partial charge in [-0.2, -0.15) is 0 Å². The summed E-state index contributed by atoms with van der Waals surface area (Å²) >= 11 is 5.91. The molecule has 0 spiro atoms. The lowest BCUT2D eigenvalue weighted by molar-refractivity contribution is -0.132. The first-order valence-electron chi connectivity index (χ1n) is 11.6. The summed E-state index contributed by atoms with van der Waals surface area (Å²) in [6.45, 7) is 6.89. The number of carbonyl (C=O) groups excluding carboxylic acids is 2. The normalized spacial score (nSPS) is 19.0. The molecular weight excluding hydrogens is 440 g/mol. The number of aryl methyl sites for hydroxylation is 1. The maximum Gasteiger partial charge on any atom is 0.236 e. The van der Waals surface area contributed by atoms with E-state index >= 15 is 0 Å². The Kier molecular flexibility index (Phi) is 7.40. The minimum atomic E-state index is -0.173. The van der Waals surface area contributed by atoms with E-state index in [2.05, 4.69) is 46.3 Å². The van der Waals surface area contributed by atoms with Crippen LogP contribution in [0.15, 0.2) is 42.5 Å². The highest BCUT2D eigenvalue weighted by molar-refractivity contribution is 6.32. The molecule has 7 nitrogen and oxygen atoms in total. The summed E-state index contributed by atoms with van der Waals surface area (Å²) in [4.78, 5) is 31.8. The van der Waals surface area contributed by atoms with Crippen LogP contribution in [0, 0.1) is 5.92 Å². The summed E-state index contributed by atoms with van der Waals surface area (Å²) in [7, 11) is 0. The zero-order valence-electron chi connectivity index (χ0n) is 19.0. The number of phenols is 1. The van der Waals surface area contributed by atoms with Gasteiger partial charge in [-0.1, -0.05) is 30.7 Å². The van der Waals surface area contributed by atoms with Crippen LogP contribution >= 0.6 is 11.6 Å². The summed E-state index contributed by atoms with van der Waals surface area (Å²) < 4.78 is 0. The maximum absolute atomic E-state index is 12.9. The smallest absolute Gasteiger partial charge is 0.236 e. The number of anilines is 2. The Morgan fingerprint density at radius 2 is 1.88 bits per heavy atom. The van der Waals surface area contributed by atoms with Crippen LogP contribution in [0.5, 0.6) is 5.75 Å². The molecule has 2 aliphatic rings. The van der Waals surface area contributed by atoms with Gasteiger partial charge in [-0.05, 0) is 55.3 Å². The highest BCUT2D eigenvalue weighted by Gasteiger charge is 2.31. The van der Waals surface area contributed by atoms with Crippen molar-refractivity contribution in [1.29, 1.82) is 0 Å². The van der Waals surface area contributed by atoms with Gasteiger partial charge >= 0.3 is 0 Å². The van der Waals surface area contributed by atoms with Gasteiger partial charge in [0.2, 0.25) is 11.8 Å². The van der Waals surface area contributed by atoms with Gasteiger partial charge < -0.3 is 20.2 Å². The van der Waals surface area contributed by atoms with Gasteiger partial charge in [0, 0.05) is 44.1 Å². The third-order valence-electron chi connectivity index (χ3n) is 6.53. The molecule has 0 aromatic heterocycles. The predicted molar refractivity (Wildman–Crippen MR) is 131 cm³/mol. The largest absolute Gasteiger partial charge is 0.506 e. The number of rotatable bonds is 6. The molecule has 0 radical (unpaired) electrons. The Morgan fingerprint density at radius 1 is 1.09 bits per heavy atom. The van der Waals surface area contributed by atoms with E-state index in [1.807, 2.05) is 4.90 Å². The molecule has 0 saturated carbocycles. The number of hydrogen-bond acceptors (Lipinski definition) is 5. The van der Waals surface area contributed by atoms with E-state index in [0.29, 0.717) is 38.3 Å². The van der Waals surface area contributed by atoms with Gasteiger partial charge in [-0.3, -0.25) is 14.5 Å². The molecule has 2 aliphatic heterocycles. The number of phenolic OH excluding ortho intramolecular Hbond substituents is 1. The molecule has 2 saturated heterocycles. The second-order valence-corrected chi connectivity index (χ2v) is 9.17. The van der Waals surface area contributed by atoms with Crippen LogP contribution in [0.2, 0.25) is 5.02 Å². The molecule has 2 heterocycles. The second kappa shape index (κ2) is 10.4. The van der Waals surface area contributed by atoms with Crippen LogP contribution in [0.25, 0.3) is 0 Å². The number of likely N-dealkylation sites (tertiary alicyclic amines) is 1. The van der Waals surface area contributed by atoms with Crippen molar-refractivity contribution in [1.82, 2.24) is 9.80 Å². The zero-order chi connectivity index (χ0) is 23.4. The molecular formula is C25H31ClN4O3. The predicted octanol–water partition coefficient (Wildman–Crippen LogP) is 3.22. The fourth-order valence-corrected chi connectivity index (χ4v) is 4.68. The third-order valence-corrected chi connectivity index (χ3v) is 6.84. The van der Waals surface area contributed by atoms with Gasteiger partial charge in [0.05, 0.1) is 17.5 Å². The van der Waals surface area contributed by atoms with Crippen molar-refractivity contribution in [3.05, 3.63) is 53.1 Å². The Morgan fingerprint density at radius 3 is 2.61 bits per heavy atom. The lowest BCUT2D eigenvalue weighted by Crippen LogP contribution is -2.51. The molecule has 2 aromatic carbocycles. The minimum Gasteiger partial charge on any atom is -0.506 e. The average Bonchev–Trinajstić information content (AvgIpc) is 3.30. The third kappa shape index (κ3) is 5.78. The van der Waals surface area contributed by atoms with Crippen LogP contribution in [0.1, 0.15) is 18.9 Å². The van der Waals surface area contributed by atoms with E-state index in [1.54, 1.807) is 6.07 Å². The second-order valence-electron chi connectivity index (χ2n) is 8.77. The Labute approximate surface area is 199 Å². The molecule has 8 heteroatoms. The molecule has 4 rings (SSSR count). The number of nitrogens with one attached hydrogen (secondary N) is 1. The molecule has 33 heavy (non-hydrogen) atoms. The molecule has 0 aliphatic carbocycles. The first-order valence-corrected chi connectivity index (χ1v) is 11.9. The number of piperazine rings is 1. The first kappa shape index (κ1) is 23.4. The zero-order valence-corrected chi connectivity index (χ0v) is 19.7. The van der Waals surface area contributed by atoms with E-state index in [9.17, 15) is 14.7 Å². The van der Waals surface area contributed by atoms with Crippen molar-refractivity contribution < 1.29 is 14.7 Å². The minimum absolute atomic E-state index is 0.0180. The van der Waals surface area contributed by atoms with Gasteiger partial charge in [0.1, 0.15) is 5.75 Å². The molecule has 2 amide bonds. The van der Waals surface area contributed by atoms with E-state index in [1.165, 1.54) is 23.4 Å². The van der Waals surface area contributed by atoms with E-state index in [-0.39, 0.29) is 28.5 Å². The van der Waals surface area contributed by atoms with Crippen LogP contribution in [-0.4, -0.2) is 72.5 Å². The highest BCUT2D eigenvalue weighted by atomic mass is 35.5. The highest BCUT2D eigenvalue weighted by Crippen LogP contribution is 2.27. The topological polar surface area (TPSA) is 76.1 Å². The van der Waals surface area contributed by atoms with E-state index in [0.717, 1.165) is 26.1 Å². The van der Waals surface area contributed by atoms with Crippen molar-refractivity contribution in [2.45, 2.75) is 19.8 Å². The summed E-state index contributed by atoms with van der Waals surface area (Å²) in [6, 6.07) is 13.2. The Hall–Kier alpha value is -2.77. The monoisotopic (exact) mass is 470 g/mol. The van der Waals surface area contributed by atoms with Crippen molar-refractivity contribution in [2.75, 3.05) is 56.0 Å². The van der Waals surface area contributed by atoms with Crippen molar-refractivity contribution in [3.63, 3.8) is 0 Å². The number of amides is 2. The summed E-state index contributed by atoms with van der Waals surface area (Å²) in [5.41, 5.74) is 3.11.